The third-order valence-electron chi connectivity index (χ3n) is 2.55. The Balaban J connectivity index is 2.08. The molecule has 2 aromatic rings. The number of hydrogen-bond donors (Lipinski definition) is 1. The van der Waals surface area contributed by atoms with E-state index in [1.165, 1.54) is 5.56 Å². The molecule has 0 fully saturated rings. The maximum atomic E-state index is 4.27. The van der Waals surface area contributed by atoms with Crippen molar-refractivity contribution in [3.05, 3.63) is 46.5 Å². The van der Waals surface area contributed by atoms with Gasteiger partial charge in [-0.05, 0) is 30.7 Å². The average Bonchev–Trinajstić information content (AvgIpc) is 2.63. The van der Waals surface area contributed by atoms with E-state index >= 15 is 0 Å². The molecule has 0 radical (unpaired) electrons. The van der Waals surface area contributed by atoms with Gasteiger partial charge in [0.05, 0.1) is 6.54 Å². The van der Waals surface area contributed by atoms with Crippen LogP contribution in [0.5, 0.6) is 0 Å². The van der Waals surface area contributed by atoms with Crippen LogP contribution in [0.1, 0.15) is 11.4 Å². The number of imidazole rings is 1. The predicted molar refractivity (Wildman–Crippen MR) is 69.4 cm³/mol. The molecular formula is C12H14BrN3. The molecule has 1 aromatic carbocycles. The number of nitrogens with one attached hydrogen (secondary N) is 1. The number of rotatable bonds is 3. The molecule has 0 aliphatic heterocycles. The van der Waals surface area contributed by atoms with Gasteiger partial charge in [-0.1, -0.05) is 15.9 Å². The minimum Gasteiger partial charge on any atom is -0.378 e. The van der Waals surface area contributed by atoms with Gasteiger partial charge in [0.25, 0.3) is 0 Å². The van der Waals surface area contributed by atoms with Crippen LogP contribution in [0.3, 0.4) is 0 Å². The zero-order valence-electron chi connectivity index (χ0n) is 9.37. The Hall–Kier alpha value is -1.29. The minimum absolute atomic E-state index is 0.742. The van der Waals surface area contributed by atoms with Crippen LogP contribution in [0.15, 0.2) is 35.1 Å². The van der Waals surface area contributed by atoms with Crippen LogP contribution >= 0.6 is 15.9 Å². The maximum absolute atomic E-state index is 4.27. The van der Waals surface area contributed by atoms with Crippen molar-refractivity contribution in [3.8, 4) is 0 Å². The van der Waals surface area contributed by atoms with Crippen molar-refractivity contribution in [1.82, 2.24) is 9.55 Å². The van der Waals surface area contributed by atoms with Crippen molar-refractivity contribution in [3.63, 3.8) is 0 Å². The van der Waals surface area contributed by atoms with E-state index < -0.39 is 0 Å². The van der Waals surface area contributed by atoms with Gasteiger partial charge in [0, 0.05) is 29.6 Å². The predicted octanol–water partition coefficient (Wildman–Crippen LogP) is 3.10. The summed E-state index contributed by atoms with van der Waals surface area (Å²) in [5.74, 6) is 1.03. The van der Waals surface area contributed by atoms with Gasteiger partial charge in [-0.25, -0.2) is 4.98 Å². The summed E-state index contributed by atoms with van der Waals surface area (Å²) in [7, 11) is 2.00. The highest BCUT2D eigenvalue weighted by Gasteiger charge is 2.01. The van der Waals surface area contributed by atoms with Crippen molar-refractivity contribution in [1.29, 1.82) is 0 Å². The van der Waals surface area contributed by atoms with E-state index in [9.17, 15) is 0 Å². The van der Waals surface area contributed by atoms with Crippen molar-refractivity contribution in [2.75, 3.05) is 5.32 Å². The Kier molecular flexibility index (Phi) is 3.29. The summed E-state index contributed by atoms with van der Waals surface area (Å²) in [6, 6.07) is 6.21. The Morgan fingerprint density at radius 3 is 2.88 bits per heavy atom. The first kappa shape index (κ1) is 11.2. The van der Waals surface area contributed by atoms with E-state index in [1.807, 2.05) is 30.1 Å². The lowest BCUT2D eigenvalue weighted by Gasteiger charge is -2.09. The topological polar surface area (TPSA) is 29.9 Å². The SMILES string of the molecule is Cc1cc(Br)ccc1NCc1nccn1C. The molecule has 1 aromatic heterocycles. The largest absolute Gasteiger partial charge is 0.378 e. The number of nitrogens with zero attached hydrogens (tertiary/aromatic N) is 2. The van der Waals surface area contributed by atoms with Gasteiger partial charge in [-0.3, -0.25) is 0 Å². The van der Waals surface area contributed by atoms with Crippen molar-refractivity contribution >= 4 is 21.6 Å². The molecule has 4 heteroatoms. The van der Waals surface area contributed by atoms with Crippen LogP contribution in [0.2, 0.25) is 0 Å². The quantitative estimate of drug-likeness (QED) is 0.936. The van der Waals surface area contributed by atoms with Crippen molar-refractivity contribution in [2.24, 2.45) is 7.05 Å². The first-order chi connectivity index (χ1) is 7.66. The second kappa shape index (κ2) is 4.70. The van der Waals surface area contributed by atoms with Crippen LogP contribution in [-0.2, 0) is 13.6 Å². The fourth-order valence-corrected chi connectivity index (χ4v) is 2.04. The van der Waals surface area contributed by atoms with Crippen LogP contribution in [-0.4, -0.2) is 9.55 Å². The van der Waals surface area contributed by atoms with Gasteiger partial charge < -0.3 is 9.88 Å². The molecule has 0 amide bonds. The highest BCUT2D eigenvalue weighted by atomic mass is 79.9. The van der Waals surface area contributed by atoms with E-state index in [-0.39, 0.29) is 0 Å². The summed E-state index contributed by atoms with van der Waals surface area (Å²) < 4.78 is 3.12. The van der Waals surface area contributed by atoms with Crippen molar-refractivity contribution < 1.29 is 0 Å². The molecule has 0 bridgehead atoms. The van der Waals surface area contributed by atoms with E-state index in [4.69, 9.17) is 0 Å². The lowest BCUT2D eigenvalue weighted by Crippen LogP contribution is -2.06. The number of hydrogen-bond acceptors (Lipinski definition) is 2. The molecule has 0 spiro atoms. The highest BCUT2D eigenvalue weighted by Crippen LogP contribution is 2.20. The molecule has 0 unspecified atom stereocenters. The zero-order chi connectivity index (χ0) is 11.5. The molecular weight excluding hydrogens is 266 g/mol. The molecule has 0 aliphatic rings. The Labute approximate surface area is 104 Å². The van der Waals surface area contributed by atoms with Gasteiger partial charge in [-0.2, -0.15) is 0 Å². The van der Waals surface area contributed by atoms with Gasteiger partial charge in [0.1, 0.15) is 5.82 Å². The Bertz CT molecular complexity index is 491. The second-order valence-electron chi connectivity index (χ2n) is 3.77. The second-order valence-corrected chi connectivity index (χ2v) is 4.68. The summed E-state index contributed by atoms with van der Waals surface area (Å²) in [6.07, 6.45) is 3.76. The summed E-state index contributed by atoms with van der Waals surface area (Å²) in [5, 5.41) is 3.38. The van der Waals surface area contributed by atoms with Gasteiger partial charge in [-0.15, -0.1) is 0 Å². The molecule has 1 N–H and O–H groups in total. The molecule has 3 nitrogen and oxygen atoms in total. The molecule has 16 heavy (non-hydrogen) atoms. The zero-order valence-corrected chi connectivity index (χ0v) is 11.0. The molecule has 0 aliphatic carbocycles. The first-order valence-corrected chi connectivity index (χ1v) is 5.92. The smallest absolute Gasteiger partial charge is 0.127 e. The van der Waals surface area contributed by atoms with E-state index in [2.05, 4.69) is 45.3 Å². The van der Waals surface area contributed by atoms with E-state index in [0.29, 0.717) is 0 Å². The van der Waals surface area contributed by atoms with Gasteiger partial charge >= 0.3 is 0 Å². The fraction of sp³-hybridized carbons (Fsp3) is 0.250. The Morgan fingerprint density at radius 2 is 2.25 bits per heavy atom. The maximum Gasteiger partial charge on any atom is 0.127 e. The number of benzene rings is 1. The molecule has 84 valence electrons. The summed E-state index contributed by atoms with van der Waals surface area (Å²) >= 11 is 3.45. The monoisotopic (exact) mass is 279 g/mol. The fourth-order valence-electron chi connectivity index (χ4n) is 1.57. The average molecular weight is 280 g/mol. The lowest BCUT2D eigenvalue weighted by atomic mass is 10.2. The molecule has 0 atom stereocenters. The highest BCUT2D eigenvalue weighted by molar-refractivity contribution is 9.10. The number of halogens is 1. The van der Waals surface area contributed by atoms with Crippen LogP contribution < -0.4 is 5.32 Å². The van der Waals surface area contributed by atoms with Crippen LogP contribution in [0, 0.1) is 6.92 Å². The molecule has 0 saturated heterocycles. The number of aryl methyl sites for hydroxylation is 2. The summed E-state index contributed by atoms with van der Waals surface area (Å²) in [6.45, 7) is 2.83. The van der Waals surface area contributed by atoms with Crippen LogP contribution in [0.4, 0.5) is 5.69 Å². The summed E-state index contributed by atoms with van der Waals surface area (Å²) in [4.78, 5) is 4.27. The third-order valence-corrected chi connectivity index (χ3v) is 3.04. The molecule has 0 saturated carbocycles. The normalized spacial score (nSPS) is 10.4. The van der Waals surface area contributed by atoms with E-state index in [0.717, 1.165) is 22.5 Å². The number of anilines is 1. The molecule has 1 heterocycles. The lowest BCUT2D eigenvalue weighted by molar-refractivity contribution is 0.812. The molecule has 2 rings (SSSR count). The first-order valence-electron chi connectivity index (χ1n) is 5.13. The Morgan fingerprint density at radius 1 is 1.44 bits per heavy atom. The van der Waals surface area contributed by atoms with Gasteiger partial charge in [0.15, 0.2) is 0 Å². The summed E-state index contributed by atoms with van der Waals surface area (Å²) in [5.41, 5.74) is 2.37. The third kappa shape index (κ3) is 2.44. The number of aromatic nitrogens is 2. The minimum atomic E-state index is 0.742. The van der Waals surface area contributed by atoms with Crippen molar-refractivity contribution in [2.45, 2.75) is 13.5 Å². The van der Waals surface area contributed by atoms with E-state index in [1.54, 1.807) is 0 Å². The van der Waals surface area contributed by atoms with Gasteiger partial charge in [0.2, 0.25) is 0 Å². The standard InChI is InChI=1S/C12H14BrN3/c1-9-7-10(13)3-4-11(9)15-8-12-14-5-6-16(12)2/h3-7,15H,8H2,1-2H3. The van der Waals surface area contributed by atoms with Crippen LogP contribution in [0.25, 0.3) is 0 Å².